The topological polar surface area (TPSA) is 67.4 Å². The quantitative estimate of drug-likeness (QED) is 0.511. The second-order valence-corrected chi connectivity index (χ2v) is 11.9. The minimum Gasteiger partial charge on any atom is -0.368 e. The summed E-state index contributed by atoms with van der Waals surface area (Å²) in [5.41, 5.74) is -0.499. The van der Waals surface area contributed by atoms with E-state index in [0.29, 0.717) is 24.1 Å². The van der Waals surface area contributed by atoms with Gasteiger partial charge in [-0.15, -0.1) is 23.2 Å². The lowest BCUT2D eigenvalue weighted by atomic mass is 9.57. The minimum atomic E-state index is -1.07. The highest BCUT2D eigenvalue weighted by Gasteiger charge is 2.52. The predicted molar refractivity (Wildman–Crippen MR) is 124 cm³/mol. The fourth-order valence-electron chi connectivity index (χ4n) is 6.18. The molecule has 2 amide bonds. The van der Waals surface area contributed by atoms with Crippen molar-refractivity contribution in [1.82, 2.24) is 10.6 Å². The van der Waals surface area contributed by atoms with E-state index < -0.39 is 11.5 Å². The van der Waals surface area contributed by atoms with E-state index in [-0.39, 0.29) is 41.9 Å². The summed E-state index contributed by atoms with van der Waals surface area (Å²) in [7, 11) is 0. The van der Waals surface area contributed by atoms with Gasteiger partial charge in [0, 0.05) is 29.3 Å². The Hall–Kier alpha value is -0.590. The van der Waals surface area contributed by atoms with Gasteiger partial charge >= 0.3 is 0 Å². The molecule has 2 bridgehead atoms. The van der Waals surface area contributed by atoms with Crippen LogP contribution in [0.1, 0.15) is 83.5 Å². The molecule has 8 heteroatoms. The van der Waals surface area contributed by atoms with Crippen molar-refractivity contribution in [2.45, 2.75) is 112 Å². The summed E-state index contributed by atoms with van der Waals surface area (Å²) >= 11 is 12.1. The number of hydrogen-bond donors (Lipinski definition) is 2. The molecule has 182 valence electrons. The highest BCUT2D eigenvalue weighted by Crippen LogP contribution is 2.52. The molecule has 0 aromatic heterocycles. The number of alkyl halides is 3. The third-order valence-corrected chi connectivity index (χ3v) is 9.48. The number of ether oxygens (including phenoxy) is 1. The Balaban J connectivity index is 1.19. The van der Waals surface area contributed by atoms with Gasteiger partial charge in [0.2, 0.25) is 11.8 Å². The van der Waals surface area contributed by atoms with E-state index in [0.717, 1.165) is 70.8 Å². The summed E-state index contributed by atoms with van der Waals surface area (Å²) < 4.78 is 19.5. The number of amides is 2. The fraction of sp³-hybridized carbons (Fsp3) is 0.917. The third kappa shape index (κ3) is 5.72. The number of fused-ring (bicyclic) bond motifs is 3. The predicted octanol–water partition coefficient (Wildman–Crippen LogP) is 4.62. The molecule has 0 spiro atoms. The van der Waals surface area contributed by atoms with Crippen molar-refractivity contribution in [3.05, 3.63) is 0 Å². The van der Waals surface area contributed by atoms with Crippen LogP contribution in [0.15, 0.2) is 0 Å². The van der Waals surface area contributed by atoms with Gasteiger partial charge in [-0.3, -0.25) is 9.59 Å². The molecule has 5 fully saturated rings. The lowest BCUT2D eigenvalue weighted by Gasteiger charge is -2.52. The summed E-state index contributed by atoms with van der Waals surface area (Å²) in [5, 5.41) is 6.29. The second kappa shape index (κ2) is 10.4. The fourth-order valence-corrected chi connectivity index (χ4v) is 6.66. The van der Waals surface area contributed by atoms with Gasteiger partial charge in [0.25, 0.3) is 0 Å². The van der Waals surface area contributed by atoms with Gasteiger partial charge in [0.1, 0.15) is 12.8 Å². The van der Waals surface area contributed by atoms with Gasteiger partial charge in [-0.1, -0.05) is 0 Å². The highest BCUT2D eigenvalue weighted by atomic mass is 35.5. The van der Waals surface area contributed by atoms with Crippen LogP contribution in [-0.2, 0) is 14.3 Å². The van der Waals surface area contributed by atoms with Crippen molar-refractivity contribution < 1.29 is 18.7 Å². The average molecular weight is 491 g/mol. The van der Waals surface area contributed by atoms with Crippen molar-refractivity contribution in [2.75, 3.05) is 13.2 Å². The summed E-state index contributed by atoms with van der Waals surface area (Å²) in [6.07, 6.45) is 9.44. The highest BCUT2D eigenvalue weighted by molar-refractivity contribution is 6.21. The van der Waals surface area contributed by atoms with Crippen LogP contribution in [0.25, 0.3) is 0 Å². The van der Waals surface area contributed by atoms with Crippen molar-refractivity contribution >= 4 is 35.0 Å². The zero-order valence-electron chi connectivity index (χ0n) is 18.9. The molecule has 5 saturated carbocycles. The van der Waals surface area contributed by atoms with Crippen LogP contribution in [0.2, 0.25) is 0 Å². The maximum absolute atomic E-state index is 13.8. The Morgan fingerprint density at radius 1 is 0.938 bits per heavy atom. The van der Waals surface area contributed by atoms with E-state index in [1.54, 1.807) is 0 Å². The maximum Gasteiger partial charge on any atom is 0.246 e. The van der Waals surface area contributed by atoms with Crippen LogP contribution < -0.4 is 10.6 Å². The van der Waals surface area contributed by atoms with Crippen molar-refractivity contribution in [1.29, 1.82) is 0 Å². The number of carbonyl (C=O) groups is 2. The Labute approximate surface area is 200 Å². The smallest absolute Gasteiger partial charge is 0.246 e. The lowest BCUT2D eigenvalue weighted by molar-refractivity contribution is -0.141. The molecule has 5 aliphatic carbocycles. The Kier molecular flexibility index (Phi) is 7.94. The van der Waals surface area contributed by atoms with Crippen LogP contribution >= 0.6 is 23.2 Å². The summed E-state index contributed by atoms with van der Waals surface area (Å²) in [6.45, 7) is 0.719. The van der Waals surface area contributed by atoms with Crippen molar-refractivity contribution in [3.8, 4) is 0 Å². The minimum absolute atomic E-state index is 0.0394. The summed E-state index contributed by atoms with van der Waals surface area (Å²) in [5.74, 6) is 0.606. The van der Waals surface area contributed by atoms with Gasteiger partial charge in [-0.25, -0.2) is 4.39 Å². The number of hydrogen-bond acceptors (Lipinski definition) is 3. The zero-order valence-corrected chi connectivity index (χ0v) is 20.4. The maximum atomic E-state index is 13.8. The first-order valence-corrected chi connectivity index (χ1v) is 13.3. The van der Waals surface area contributed by atoms with E-state index in [1.165, 1.54) is 0 Å². The molecule has 0 aromatic rings. The average Bonchev–Trinajstić information content (AvgIpc) is 2.80. The molecule has 0 saturated heterocycles. The van der Waals surface area contributed by atoms with Crippen LogP contribution in [0.5, 0.6) is 0 Å². The molecular formula is C24H37Cl2FN2O3. The van der Waals surface area contributed by atoms with E-state index in [1.807, 2.05) is 0 Å². The molecule has 2 N–H and O–H groups in total. The molecule has 0 aliphatic heterocycles. The molecule has 0 aromatic carbocycles. The summed E-state index contributed by atoms with van der Waals surface area (Å²) in [6, 6.07) is 0. The molecule has 32 heavy (non-hydrogen) atoms. The number of rotatable bonds is 7. The molecule has 0 radical (unpaired) electrons. The van der Waals surface area contributed by atoms with Crippen LogP contribution in [0.3, 0.4) is 0 Å². The molecule has 5 nitrogen and oxygen atoms in total. The normalized spacial score (nSPS) is 41.8. The number of halogens is 3. The zero-order chi connectivity index (χ0) is 22.8. The van der Waals surface area contributed by atoms with Crippen molar-refractivity contribution in [3.63, 3.8) is 0 Å². The molecule has 3 atom stereocenters. The SMILES string of the molecule is O=C(COC1CCC(Cl)C(F)C1)NC12CCC(C(=O)NCC3CCC(Cl)CC3)(CC1)CC2. The van der Waals surface area contributed by atoms with Crippen LogP contribution in [0.4, 0.5) is 4.39 Å². The van der Waals surface area contributed by atoms with Gasteiger partial charge in [0.05, 0.1) is 11.5 Å². The first-order valence-electron chi connectivity index (χ1n) is 12.4. The van der Waals surface area contributed by atoms with Gasteiger partial charge < -0.3 is 15.4 Å². The van der Waals surface area contributed by atoms with Gasteiger partial charge in [-0.05, 0) is 83.0 Å². The molecular weight excluding hydrogens is 454 g/mol. The molecule has 5 rings (SSSR count). The Bertz CT molecular complexity index is 662. The van der Waals surface area contributed by atoms with Gasteiger partial charge in [-0.2, -0.15) is 0 Å². The van der Waals surface area contributed by atoms with Crippen molar-refractivity contribution in [2.24, 2.45) is 11.3 Å². The van der Waals surface area contributed by atoms with E-state index in [2.05, 4.69) is 10.6 Å². The third-order valence-electron chi connectivity index (χ3n) is 8.56. The second-order valence-electron chi connectivity index (χ2n) is 10.7. The van der Waals surface area contributed by atoms with Gasteiger partial charge in [0.15, 0.2) is 0 Å². The standard InChI is InChI=1S/C24H37Cl2FN2O3/c25-17-3-1-16(2-4-17)14-28-22(31)23-7-10-24(11-8-23,12-9-23)29-21(30)15-32-18-5-6-19(26)20(27)13-18/h16-20H,1-15H2,(H,28,31)(H,29,30). The molecule has 0 heterocycles. The lowest BCUT2D eigenvalue weighted by Crippen LogP contribution is -2.60. The van der Waals surface area contributed by atoms with E-state index in [9.17, 15) is 14.0 Å². The van der Waals surface area contributed by atoms with Crippen LogP contribution in [0, 0.1) is 11.3 Å². The summed E-state index contributed by atoms with van der Waals surface area (Å²) in [4.78, 5) is 25.6. The van der Waals surface area contributed by atoms with Crippen LogP contribution in [-0.4, -0.2) is 53.5 Å². The van der Waals surface area contributed by atoms with E-state index in [4.69, 9.17) is 27.9 Å². The largest absolute Gasteiger partial charge is 0.368 e. The monoisotopic (exact) mass is 490 g/mol. The number of carbonyl (C=O) groups excluding carboxylic acids is 2. The Morgan fingerprint density at radius 3 is 2.22 bits per heavy atom. The number of nitrogens with one attached hydrogen (secondary N) is 2. The van der Waals surface area contributed by atoms with E-state index >= 15 is 0 Å². The first kappa shape index (κ1) is 24.5. The first-order chi connectivity index (χ1) is 15.3. The molecule has 5 aliphatic rings. The Morgan fingerprint density at radius 2 is 1.59 bits per heavy atom. The molecule has 3 unspecified atom stereocenters.